The van der Waals surface area contributed by atoms with E-state index in [1.165, 1.54) is 0 Å². The van der Waals surface area contributed by atoms with Crippen molar-refractivity contribution < 1.29 is 14.3 Å². The van der Waals surface area contributed by atoms with Crippen molar-refractivity contribution >= 4 is 17.6 Å². The van der Waals surface area contributed by atoms with Crippen molar-refractivity contribution in [2.45, 2.75) is 25.8 Å². The summed E-state index contributed by atoms with van der Waals surface area (Å²) in [6, 6.07) is 5.81. The maximum atomic E-state index is 13.1. The average Bonchev–Trinajstić information content (AvgIpc) is 2.68. The quantitative estimate of drug-likeness (QED) is 0.784. The van der Waals surface area contributed by atoms with E-state index in [4.69, 9.17) is 4.74 Å². The number of anilines is 1. The fraction of sp³-hybridized carbons (Fsp3) is 0.632. The van der Waals surface area contributed by atoms with Crippen LogP contribution in [0.4, 0.5) is 5.82 Å². The summed E-state index contributed by atoms with van der Waals surface area (Å²) in [6.07, 6.45) is 2.88. The molecule has 2 aliphatic rings. The van der Waals surface area contributed by atoms with Gasteiger partial charge in [0.1, 0.15) is 5.82 Å². The van der Waals surface area contributed by atoms with Gasteiger partial charge in [-0.05, 0) is 25.5 Å². The van der Waals surface area contributed by atoms with Crippen molar-refractivity contribution in [2.75, 3.05) is 51.3 Å². The van der Waals surface area contributed by atoms with Gasteiger partial charge in [0.2, 0.25) is 11.8 Å². The SMILES string of the molecule is COCCN1C(=O)CCC(C(=O)N2CCN(c3ccccn3)CC2)C1C. The number of aromatic nitrogens is 1. The van der Waals surface area contributed by atoms with Gasteiger partial charge in [-0.15, -0.1) is 0 Å². The standard InChI is InChI=1S/C19H28N4O3/c1-15-16(6-7-18(24)23(15)13-14-26-2)19(25)22-11-9-21(10-12-22)17-5-3-4-8-20-17/h3-5,8,15-16H,6-7,9-14H2,1-2H3. The Morgan fingerprint density at radius 1 is 1.27 bits per heavy atom. The smallest absolute Gasteiger partial charge is 0.227 e. The average molecular weight is 360 g/mol. The first-order chi connectivity index (χ1) is 12.6. The summed E-state index contributed by atoms with van der Waals surface area (Å²) in [5, 5.41) is 0. The maximum absolute atomic E-state index is 13.1. The molecule has 1 aromatic rings. The van der Waals surface area contributed by atoms with E-state index in [0.29, 0.717) is 39.1 Å². The lowest BCUT2D eigenvalue weighted by Crippen LogP contribution is -2.56. The number of rotatable bonds is 5. The highest BCUT2D eigenvalue weighted by molar-refractivity contribution is 5.84. The van der Waals surface area contributed by atoms with E-state index in [2.05, 4.69) is 9.88 Å². The summed E-state index contributed by atoms with van der Waals surface area (Å²) in [7, 11) is 1.63. The van der Waals surface area contributed by atoms with Crippen LogP contribution in [0.3, 0.4) is 0 Å². The number of amides is 2. The van der Waals surface area contributed by atoms with Gasteiger partial charge in [0, 0.05) is 58.5 Å². The molecule has 0 spiro atoms. The predicted molar refractivity (Wildman–Crippen MR) is 98.8 cm³/mol. The molecule has 142 valence electrons. The highest BCUT2D eigenvalue weighted by Gasteiger charge is 2.39. The van der Waals surface area contributed by atoms with Crippen LogP contribution in [0, 0.1) is 5.92 Å². The number of ether oxygens (including phenoxy) is 1. The number of likely N-dealkylation sites (tertiary alicyclic amines) is 1. The van der Waals surface area contributed by atoms with Gasteiger partial charge in [0.25, 0.3) is 0 Å². The second kappa shape index (κ2) is 8.49. The van der Waals surface area contributed by atoms with Crippen LogP contribution in [0.5, 0.6) is 0 Å². The van der Waals surface area contributed by atoms with Crippen LogP contribution < -0.4 is 4.90 Å². The molecule has 2 unspecified atom stereocenters. The predicted octanol–water partition coefficient (Wildman–Crippen LogP) is 1.00. The van der Waals surface area contributed by atoms with Crippen molar-refractivity contribution in [3.05, 3.63) is 24.4 Å². The number of piperazine rings is 1. The Bertz CT molecular complexity index is 616. The van der Waals surface area contributed by atoms with Crippen LogP contribution in [0.1, 0.15) is 19.8 Å². The zero-order valence-corrected chi connectivity index (χ0v) is 15.6. The van der Waals surface area contributed by atoms with E-state index in [-0.39, 0.29) is 23.8 Å². The minimum Gasteiger partial charge on any atom is -0.383 e. The van der Waals surface area contributed by atoms with Crippen LogP contribution in [0.25, 0.3) is 0 Å². The van der Waals surface area contributed by atoms with Crippen molar-refractivity contribution in [1.82, 2.24) is 14.8 Å². The Kier molecular flexibility index (Phi) is 6.08. The summed E-state index contributed by atoms with van der Waals surface area (Å²) in [6.45, 7) is 6.01. The molecule has 0 bridgehead atoms. The number of hydrogen-bond donors (Lipinski definition) is 0. The topological polar surface area (TPSA) is 66.0 Å². The molecular weight excluding hydrogens is 332 g/mol. The van der Waals surface area contributed by atoms with Gasteiger partial charge >= 0.3 is 0 Å². The van der Waals surface area contributed by atoms with E-state index in [9.17, 15) is 9.59 Å². The summed E-state index contributed by atoms with van der Waals surface area (Å²) in [4.78, 5) is 35.6. The molecule has 0 aliphatic carbocycles. The van der Waals surface area contributed by atoms with Crippen LogP contribution in [-0.4, -0.2) is 79.1 Å². The molecule has 3 rings (SSSR count). The lowest BCUT2D eigenvalue weighted by molar-refractivity contribution is -0.147. The van der Waals surface area contributed by atoms with Crippen LogP contribution in [0.2, 0.25) is 0 Å². The molecule has 2 fully saturated rings. The summed E-state index contributed by atoms with van der Waals surface area (Å²) in [5.41, 5.74) is 0. The summed E-state index contributed by atoms with van der Waals surface area (Å²) < 4.78 is 5.11. The lowest BCUT2D eigenvalue weighted by atomic mass is 9.88. The number of carbonyl (C=O) groups excluding carboxylic acids is 2. The second-order valence-electron chi connectivity index (χ2n) is 6.97. The third-order valence-electron chi connectivity index (χ3n) is 5.48. The molecule has 1 aromatic heterocycles. The van der Waals surface area contributed by atoms with Crippen molar-refractivity contribution in [1.29, 1.82) is 0 Å². The van der Waals surface area contributed by atoms with Crippen LogP contribution >= 0.6 is 0 Å². The molecule has 0 radical (unpaired) electrons. The first-order valence-electron chi connectivity index (χ1n) is 9.35. The van der Waals surface area contributed by atoms with Crippen LogP contribution in [-0.2, 0) is 14.3 Å². The normalized spacial score (nSPS) is 24.1. The molecule has 2 amide bonds. The van der Waals surface area contributed by atoms with E-state index >= 15 is 0 Å². The fourth-order valence-electron chi connectivity index (χ4n) is 3.89. The Labute approximate surface area is 154 Å². The van der Waals surface area contributed by atoms with Crippen molar-refractivity contribution in [3.63, 3.8) is 0 Å². The number of methoxy groups -OCH3 is 1. The van der Waals surface area contributed by atoms with E-state index in [0.717, 1.165) is 18.9 Å². The monoisotopic (exact) mass is 360 g/mol. The number of piperidine rings is 1. The number of pyridine rings is 1. The summed E-state index contributed by atoms with van der Waals surface area (Å²) in [5.74, 6) is 1.14. The summed E-state index contributed by atoms with van der Waals surface area (Å²) >= 11 is 0. The molecule has 26 heavy (non-hydrogen) atoms. The van der Waals surface area contributed by atoms with Crippen molar-refractivity contribution in [2.24, 2.45) is 5.92 Å². The molecule has 0 saturated carbocycles. The molecule has 0 N–H and O–H groups in total. The second-order valence-corrected chi connectivity index (χ2v) is 6.97. The zero-order chi connectivity index (χ0) is 18.5. The molecule has 2 aliphatic heterocycles. The van der Waals surface area contributed by atoms with Crippen LogP contribution in [0.15, 0.2) is 24.4 Å². The Balaban J connectivity index is 1.58. The number of nitrogens with zero attached hydrogens (tertiary/aromatic N) is 4. The van der Waals surface area contributed by atoms with Gasteiger partial charge in [-0.25, -0.2) is 4.98 Å². The Morgan fingerprint density at radius 2 is 2.04 bits per heavy atom. The van der Waals surface area contributed by atoms with Gasteiger partial charge in [-0.3, -0.25) is 9.59 Å². The van der Waals surface area contributed by atoms with Gasteiger partial charge in [0.05, 0.1) is 12.5 Å². The molecule has 2 atom stereocenters. The van der Waals surface area contributed by atoms with Crippen molar-refractivity contribution in [3.8, 4) is 0 Å². The largest absolute Gasteiger partial charge is 0.383 e. The number of hydrogen-bond acceptors (Lipinski definition) is 5. The Hall–Kier alpha value is -2.15. The molecule has 2 saturated heterocycles. The zero-order valence-electron chi connectivity index (χ0n) is 15.6. The van der Waals surface area contributed by atoms with Gasteiger partial charge in [-0.2, -0.15) is 0 Å². The van der Waals surface area contributed by atoms with Gasteiger partial charge < -0.3 is 19.4 Å². The molecule has 7 heteroatoms. The first-order valence-corrected chi connectivity index (χ1v) is 9.35. The molecule has 0 aromatic carbocycles. The van der Waals surface area contributed by atoms with E-state index in [1.807, 2.05) is 30.0 Å². The number of carbonyl (C=O) groups is 2. The van der Waals surface area contributed by atoms with Gasteiger partial charge in [-0.1, -0.05) is 6.07 Å². The third kappa shape index (κ3) is 3.98. The molecule has 3 heterocycles. The molecular formula is C19H28N4O3. The lowest BCUT2D eigenvalue weighted by Gasteiger charge is -2.42. The highest BCUT2D eigenvalue weighted by Crippen LogP contribution is 2.27. The fourth-order valence-corrected chi connectivity index (χ4v) is 3.89. The van der Waals surface area contributed by atoms with E-state index in [1.54, 1.807) is 18.2 Å². The minimum atomic E-state index is -0.119. The minimum absolute atomic E-state index is 0.0762. The first kappa shape index (κ1) is 18.6. The van der Waals surface area contributed by atoms with Gasteiger partial charge in [0.15, 0.2) is 0 Å². The highest BCUT2D eigenvalue weighted by atomic mass is 16.5. The maximum Gasteiger partial charge on any atom is 0.227 e. The third-order valence-corrected chi connectivity index (χ3v) is 5.48. The molecule has 7 nitrogen and oxygen atoms in total. The Morgan fingerprint density at radius 3 is 2.69 bits per heavy atom. The van der Waals surface area contributed by atoms with E-state index < -0.39 is 0 Å².